The lowest BCUT2D eigenvalue weighted by molar-refractivity contribution is 0.561. The van der Waals surface area contributed by atoms with Gasteiger partial charge in [-0.15, -0.1) is 0 Å². The molecule has 0 amide bonds. The smallest absolute Gasteiger partial charge is 0.241 e. The van der Waals surface area contributed by atoms with Crippen LogP contribution in [0, 0.1) is 11.3 Å². The number of benzene rings is 2. The van der Waals surface area contributed by atoms with Gasteiger partial charge < -0.3 is 4.98 Å². The van der Waals surface area contributed by atoms with Crippen molar-refractivity contribution < 1.29 is 8.42 Å². The van der Waals surface area contributed by atoms with E-state index in [1.165, 1.54) is 18.2 Å². The van der Waals surface area contributed by atoms with Crippen molar-refractivity contribution in [2.24, 2.45) is 0 Å². The van der Waals surface area contributed by atoms with Gasteiger partial charge in [0.15, 0.2) is 0 Å². The Balaban J connectivity index is 1.81. The molecule has 3 rings (SSSR count). The fourth-order valence-electron chi connectivity index (χ4n) is 2.43. The monoisotopic (exact) mass is 386 g/mol. The molecule has 6 nitrogen and oxygen atoms in total. The summed E-state index contributed by atoms with van der Waals surface area (Å²) in [6, 6.07) is 14.9. The zero-order valence-electron chi connectivity index (χ0n) is 13.8. The van der Waals surface area contributed by atoms with E-state index in [0.717, 1.165) is 11.3 Å². The molecular formula is C18H15ClN4O2S. The van der Waals surface area contributed by atoms with Crippen molar-refractivity contribution in [3.8, 4) is 17.3 Å². The lowest BCUT2D eigenvalue weighted by Crippen LogP contribution is -2.27. The molecule has 1 heterocycles. The minimum Gasteiger partial charge on any atom is -0.341 e. The maximum atomic E-state index is 12.6. The van der Waals surface area contributed by atoms with Gasteiger partial charge in [0.25, 0.3) is 0 Å². The Morgan fingerprint density at radius 3 is 2.62 bits per heavy atom. The molecule has 0 bridgehead atoms. The van der Waals surface area contributed by atoms with Crippen molar-refractivity contribution in [3.63, 3.8) is 0 Å². The van der Waals surface area contributed by atoms with Crippen LogP contribution in [0.4, 0.5) is 0 Å². The summed E-state index contributed by atoms with van der Waals surface area (Å²) in [5.74, 6) is 0.493. The highest BCUT2D eigenvalue weighted by molar-refractivity contribution is 7.89. The third-order valence-electron chi connectivity index (χ3n) is 3.79. The molecular weight excluding hydrogens is 372 g/mol. The molecule has 0 saturated heterocycles. The highest BCUT2D eigenvalue weighted by Crippen LogP contribution is 2.23. The summed E-state index contributed by atoms with van der Waals surface area (Å²) in [7, 11) is -3.81. The molecule has 3 aromatic rings. The minimum atomic E-state index is -3.81. The van der Waals surface area contributed by atoms with Gasteiger partial charge in [0.05, 0.1) is 33.4 Å². The van der Waals surface area contributed by atoms with Crippen LogP contribution in [0.5, 0.6) is 0 Å². The van der Waals surface area contributed by atoms with E-state index in [-0.39, 0.29) is 15.5 Å². The van der Waals surface area contributed by atoms with Gasteiger partial charge in [0.1, 0.15) is 11.9 Å². The molecule has 0 aliphatic heterocycles. The molecule has 1 unspecified atom stereocenters. The first-order valence-corrected chi connectivity index (χ1v) is 9.59. The van der Waals surface area contributed by atoms with E-state index in [9.17, 15) is 8.42 Å². The zero-order chi connectivity index (χ0) is 18.7. The van der Waals surface area contributed by atoms with Crippen LogP contribution in [-0.4, -0.2) is 18.4 Å². The predicted octanol–water partition coefficient (Wildman–Crippen LogP) is 3.64. The second-order valence-electron chi connectivity index (χ2n) is 5.64. The molecule has 132 valence electrons. The average Bonchev–Trinajstić information content (AvgIpc) is 3.12. The van der Waals surface area contributed by atoms with Gasteiger partial charge in [-0.25, -0.2) is 18.1 Å². The van der Waals surface area contributed by atoms with Crippen molar-refractivity contribution in [2.75, 3.05) is 0 Å². The van der Waals surface area contributed by atoms with Crippen molar-refractivity contribution in [1.29, 1.82) is 5.26 Å². The first kappa shape index (κ1) is 18.1. The molecule has 0 aliphatic carbocycles. The summed E-state index contributed by atoms with van der Waals surface area (Å²) in [4.78, 5) is 7.38. The zero-order valence-corrected chi connectivity index (χ0v) is 15.3. The number of H-pyrrole nitrogens is 1. The van der Waals surface area contributed by atoms with E-state index < -0.39 is 16.1 Å². The van der Waals surface area contributed by atoms with Crippen LogP contribution in [0.15, 0.2) is 59.6 Å². The molecule has 8 heteroatoms. The third kappa shape index (κ3) is 3.78. The number of nitriles is 1. The third-order valence-corrected chi connectivity index (χ3v) is 5.64. The lowest BCUT2D eigenvalue weighted by atomic mass is 10.2. The molecule has 2 N–H and O–H groups in total. The van der Waals surface area contributed by atoms with E-state index in [4.69, 9.17) is 16.9 Å². The number of imidazole rings is 1. The van der Waals surface area contributed by atoms with Crippen LogP contribution in [0.25, 0.3) is 11.3 Å². The quantitative estimate of drug-likeness (QED) is 0.699. The Morgan fingerprint density at radius 2 is 1.96 bits per heavy atom. The summed E-state index contributed by atoms with van der Waals surface area (Å²) in [6.45, 7) is 1.69. The standard InChI is InChI=1S/C18H15ClN4O2S/c1-12(18-21-11-17(22-18)13-5-3-2-4-6-13)23-26(24,25)15-8-7-14(10-20)16(19)9-15/h2-9,11-12,23H,1H3,(H,21,22). The first-order valence-electron chi connectivity index (χ1n) is 7.73. The van der Waals surface area contributed by atoms with Crippen LogP contribution < -0.4 is 4.72 Å². The van der Waals surface area contributed by atoms with E-state index in [1.807, 2.05) is 36.4 Å². The number of sulfonamides is 1. The van der Waals surface area contributed by atoms with E-state index >= 15 is 0 Å². The van der Waals surface area contributed by atoms with Crippen molar-refractivity contribution in [2.45, 2.75) is 17.9 Å². The summed E-state index contributed by atoms with van der Waals surface area (Å²) < 4.78 is 27.7. The molecule has 0 radical (unpaired) electrons. The highest BCUT2D eigenvalue weighted by Gasteiger charge is 2.21. The second-order valence-corrected chi connectivity index (χ2v) is 7.77. The maximum Gasteiger partial charge on any atom is 0.241 e. The molecule has 2 aromatic carbocycles. The van der Waals surface area contributed by atoms with Gasteiger partial charge in [-0.05, 0) is 30.7 Å². The maximum absolute atomic E-state index is 12.6. The van der Waals surface area contributed by atoms with Crippen molar-refractivity contribution in [3.05, 3.63) is 71.1 Å². The fraction of sp³-hybridized carbons (Fsp3) is 0.111. The number of aromatic amines is 1. The number of aromatic nitrogens is 2. The Morgan fingerprint density at radius 1 is 1.23 bits per heavy atom. The SMILES string of the molecule is CC(NS(=O)(=O)c1ccc(C#N)c(Cl)c1)c1ncc(-c2ccccc2)[nH]1. The van der Waals surface area contributed by atoms with E-state index in [2.05, 4.69) is 14.7 Å². The Labute approximate surface area is 156 Å². The molecule has 0 fully saturated rings. The number of nitrogens with zero attached hydrogens (tertiary/aromatic N) is 2. The lowest BCUT2D eigenvalue weighted by Gasteiger charge is -2.12. The van der Waals surface area contributed by atoms with Crippen LogP contribution in [-0.2, 0) is 10.0 Å². The molecule has 1 atom stereocenters. The Bertz CT molecular complexity index is 1070. The Kier molecular flexibility index (Phi) is 5.09. The fourth-order valence-corrected chi connectivity index (χ4v) is 3.95. The topological polar surface area (TPSA) is 98.6 Å². The highest BCUT2D eigenvalue weighted by atomic mass is 35.5. The minimum absolute atomic E-state index is 0.0109. The number of halogens is 1. The summed E-state index contributed by atoms with van der Waals surface area (Å²) >= 11 is 5.93. The summed E-state index contributed by atoms with van der Waals surface area (Å²) in [6.07, 6.45) is 1.66. The van der Waals surface area contributed by atoms with Gasteiger partial charge in [0.2, 0.25) is 10.0 Å². The van der Waals surface area contributed by atoms with Crippen molar-refractivity contribution in [1.82, 2.24) is 14.7 Å². The van der Waals surface area contributed by atoms with E-state index in [0.29, 0.717) is 5.82 Å². The van der Waals surface area contributed by atoms with Crippen LogP contribution in [0.1, 0.15) is 24.4 Å². The molecule has 0 spiro atoms. The predicted molar refractivity (Wildman–Crippen MR) is 98.9 cm³/mol. The van der Waals surface area contributed by atoms with Gasteiger partial charge >= 0.3 is 0 Å². The van der Waals surface area contributed by atoms with Gasteiger partial charge in [-0.1, -0.05) is 41.9 Å². The normalized spacial score (nSPS) is 12.5. The molecule has 0 aliphatic rings. The van der Waals surface area contributed by atoms with E-state index in [1.54, 1.807) is 13.1 Å². The van der Waals surface area contributed by atoms with Crippen LogP contribution >= 0.6 is 11.6 Å². The van der Waals surface area contributed by atoms with Crippen LogP contribution in [0.3, 0.4) is 0 Å². The Hall–Kier alpha value is -2.66. The second kappa shape index (κ2) is 7.30. The largest absolute Gasteiger partial charge is 0.341 e. The number of hydrogen-bond acceptors (Lipinski definition) is 4. The first-order chi connectivity index (χ1) is 12.4. The van der Waals surface area contributed by atoms with Gasteiger partial charge in [-0.2, -0.15) is 5.26 Å². The summed E-state index contributed by atoms with van der Waals surface area (Å²) in [5.41, 5.74) is 1.98. The number of nitrogens with one attached hydrogen (secondary N) is 2. The number of rotatable bonds is 5. The summed E-state index contributed by atoms with van der Waals surface area (Å²) in [5, 5.41) is 8.98. The van der Waals surface area contributed by atoms with Crippen molar-refractivity contribution >= 4 is 21.6 Å². The number of hydrogen-bond donors (Lipinski definition) is 2. The van der Waals surface area contributed by atoms with Gasteiger partial charge in [0, 0.05) is 0 Å². The molecule has 26 heavy (non-hydrogen) atoms. The molecule has 1 aromatic heterocycles. The average molecular weight is 387 g/mol. The molecule has 0 saturated carbocycles. The van der Waals surface area contributed by atoms with Crippen LogP contribution in [0.2, 0.25) is 5.02 Å². The van der Waals surface area contributed by atoms with Gasteiger partial charge in [-0.3, -0.25) is 0 Å².